The molecule has 5 heteroatoms. The van der Waals surface area contributed by atoms with Crippen molar-refractivity contribution in [1.29, 1.82) is 0 Å². The van der Waals surface area contributed by atoms with Crippen LogP contribution in [0.1, 0.15) is 25.2 Å². The second-order valence-corrected chi connectivity index (χ2v) is 4.85. The number of imidazole rings is 1. The van der Waals surface area contributed by atoms with Crippen molar-refractivity contribution in [2.45, 2.75) is 25.9 Å². The molecule has 86 valence electrons. The molecule has 1 N–H and O–H groups in total. The van der Waals surface area contributed by atoms with Crippen LogP contribution in [0.5, 0.6) is 0 Å². The van der Waals surface area contributed by atoms with E-state index in [0.29, 0.717) is 13.2 Å². The number of hydrogen-bond donors (Lipinski definition) is 1. The number of hydrogen-bond acceptors (Lipinski definition) is 3. The lowest BCUT2D eigenvalue weighted by atomic mass is 9.87. The minimum Gasteiger partial charge on any atom is -0.379 e. The Balaban J connectivity index is 1.70. The standard InChI is InChI=1S/C11H15N3O2/c1-11(6-16-7-11)10(15)13-8-2-4-14-5-3-12-9(8)14/h3,5,8H,2,4,6-7H2,1H3,(H,13,15)/t8-/m0/s1. The average Bonchev–Trinajstić information content (AvgIpc) is 2.79. The van der Waals surface area contributed by atoms with Crippen LogP contribution >= 0.6 is 0 Å². The SMILES string of the molecule is CC1(C(=O)N[C@H]2CCn3ccnc32)COC1. The molecule has 16 heavy (non-hydrogen) atoms. The van der Waals surface area contributed by atoms with Crippen LogP contribution in [0.25, 0.3) is 0 Å². The number of rotatable bonds is 2. The highest BCUT2D eigenvalue weighted by Gasteiger charge is 2.42. The van der Waals surface area contributed by atoms with E-state index in [1.54, 1.807) is 6.20 Å². The van der Waals surface area contributed by atoms with Crippen molar-refractivity contribution < 1.29 is 9.53 Å². The van der Waals surface area contributed by atoms with Gasteiger partial charge in [0.1, 0.15) is 5.82 Å². The van der Waals surface area contributed by atoms with Crippen LogP contribution in [0.2, 0.25) is 0 Å². The third-order valence-corrected chi connectivity index (χ3v) is 3.41. The van der Waals surface area contributed by atoms with Crippen LogP contribution in [0.4, 0.5) is 0 Å². The predicted molar refractivity (Wildman–Crippen MR) is 56.7 cm³/mol. The van der Waals surface area contributed by atoms with Crippen molar-refractivity contribution in [3.8, 4) is 0 Å². The van der Waals surface area contributed by atoms with Gasteiger partial charge in [0.2, 0.25) is 5.91 Å². The zero-order chi connectivity index (χ0) is 11.2. The molecule has 1 atom stereocenters. The first-order valence-corrected chi connectivity index (χ1v) is 5.59. The van der Waals surface area contributed by atoms with Crippen molar-refractivity contribution in [2.24, 2.45) is 5.41 Å². The van der Waals surface area contributed by atoms with Crippen LogP contribution in [-0.4, -0.2) is 28.7 Å². The maximum atomic E-state index is 12.0. The number of aryl methyl sites for hydroxylation is 1. The van der Waals surface area contributed by atoms with Gasteiger partial charge < -0.3 is 14.6 Å². The van der Waals surface area contributed by atoms with Crippen molar-refractivity contribution in [3.63, 3.8) is 0 Å². The zero-order valence-corrected chi connectivity index (χ0v) is 9.27. The smallest absolute Gasteiger partial charge is 0.231 e. The Kier molecular flexibility index (Phi) is 2.04. The molecule has 3 heterocycles. The van der Waals surface area contributed by atoms with E-state index in [9.17, 15) is 4.79 Å². The monoisotopic (exact) mass is 221 g/mol. The van der Waals surface area contributed by atoms with Gasteiger partial charge in [-0.1, -0.05) is 0 Å². The van der Waals surface area contributed by atoms with Gasteiger partial charge in [0.05, 0.1) is 24.7 Å². The van der Waals surface area contributed by atoms with Crippen molar-refractivity contribution in [2.75, 3.05) is 13.2 Å². The molecule has 0 bridgehead atoms. The second-order valence-electron chi connectivity index (χ2n) is 4.85. The minimum atomic E-state index is -0.333. The highest BCUT2D eigenvalue weighted by atomic mass is 16.5. The number of ether oxygens (including phenoxy) is 1. The first-order valence-electron chi connectivity index (χ1n) is 5.59. The summed E-state index contributed by atoms with van der Waals surface area (Å²) >= 11 is 0. The molecule has 0 saturated carbocycles. The second kappa shape index (κ2) is 3.31. The van der Waals surface area contributed by atoms with E-state index in [0.717, 1.165) is 18.8 Å². The molecule has 5 nitrogen and oxygen atoms in total. The van der Waals surface area contributed by atoms with E-state index >= 15 is 0 Å². The Morgan fingerprint density at radius 2 is 2.50 bits per heavy atom. The summed E-state index contributed by atoms with van der Waals surface area (Å²) in [6.07, 6.45) is 4.67. The van der Waals surface area contributed by atoms with Gasteiger partial charge in [0.25, 0.3) is 0 Å². The van der Waals surface area contributed by atoms with Crippen molar-refractivity contribution in [1.82, 2.24) is 14.9 Å². The molecule has 1 aromatic heterocycles. The predicted octanol–water partition coefficient (Wildman–Crippen LogP) is 0.481. The molecule has 0 radical (unpaired) electrons. The number of fused-ring (bicyclic) bond motifs is 1. The molecule has 2 aliphatic rings. The maximum absolute atomic E-state index is 12.0. The highest BCUT2D eigenvalue weighted by Crippen LogP contribution is 2.30. The Morgan fingerprint density at radius 3 is 3.19 bits per heavy atom. The summed E-state index contributed by atoms with van der Waals surface area (Å²) in [4.78, 5) is 16.3. The van der Waals surface area contributed by atoms with E-state index in [1.165, 1.54) is 0 Å². The molecule has 1 aromatic rings. The molecule has 3 rings (SSSR count). The minimum absolute atomic E-state index is 0.0694. The third kappa shape index (κ3) is 1.35. The lowest BCUT2D eigenvalue weighted by Gasteiger charge is -2.36. The summed E-state index contributed by atoms with van der Waals surface area (Å²) in [6, 6.07) is 0.0694. The van der Waals surface area contributed by atoms with Gasteiger partial charge in [0, 0.05) is 18.9 Å². The fourth-order valence-electron chi connectivity index (χ4n) is 2.23. The summed E-state index contributed by atoms with van der Waals surface area (Å²) in [5.74, 6) is 1.05. The molecule has 0 spiro atoms. The molecular formula is C11H15N3O2. The van der Waals surface area contributed by atoms with Crippen LogP contribution in [0.15, 0.2) is 12.4 Å². The Hall–Kier alpha value is -1.36. The van der Waals surface area contributed by atoms with Gasteiger partial charge in [0.15, 0.2) is 0 Å². The highest BCUT2D eigenvalue weighted by molar-refractivity contribution is 5.83. The van der Waals surface area contributed by atoms with Crippen LogP contribution in [0, 0.1) is 5.41 Å². The fourth-order valence-corrected chi connectivity index (χ4v) is 2.23. The van der Waals surface area contributed by atoms with Gasteiger partial charge in [-0.25, -0.2) is 4.98 Å². The summed E-state index contributed by atoms with van der Waals surface area (Å²) in [7, 11) is 0. The van der Waals surface area contributed by atoms with E-state index in [-0.39, 0.29) is 17.4 Å². The lowest BCUT2D eigenvalue weighted by molar-refractivity contribution is -0.158. The lowest BCUT2D eigenvalue weighted by Crippen LogP contribution is -2.52. The zero-order valence-electron chi connectivity index (χ0n) is 9.27. The first-order chi connectivity index (χ1) is 7.69. The molecule has 1 saturated heterocycles. The summed E-state index contributed by atoms with van der Waals surface area (Å²) in [5.41, 5.74) is -0.333. The summed E-state index contributed by atoms with van der Waals surface area (Å²) in [6.45, 7) is 3.93. The van der Waals surface area contributed by atoms with Gasteiger partial charge in [-0.3, -0.25) is 4.79 Å². The number of carbonyl (C=O) groups excluding carboxylic acids is 1. The largest absolute Gasteiger partial charge is 0.379 e. The van der Waals surface area contributed by atoms with Crippen LogP contribution in [0.3, 0.4) is 0 Å². The molecule has 1 amide bonds. The third-order valence-electron chi connectivity index (χ3n) is 3.41. The number of amides is 1. The van der Waals surface area contributed by atoms with Gasteiger partial charge in [-0.15, -0.1) is 0 Å². The van der Waals surface area contributed by atoms with Gasteiger partial charge in [-0.2, -0.15) is 0 Å². The van der Waals surface area contributed by atoms with Gasteiger partial charge in [-0.05, 0) is 13.3 Å². The molecule has 0 aromatic carbocycles. The fraction of sp³-hybridized carbons (Fsp3) is 0.636. The molecular weight excluding hydrogens is 206 g/mol. The topological polar surface area (TPSA) is 56.2 Å². The molecule has 0 unspecified atom stereocenters. The quantitative estimate of drug-likeness (QED) is 0.790. The van der Waals surface area contributed by atoms with E-state index < -0.39 is 0 Å². The Labute approximate surface area is 93.8 Å². The van der Waals surface area contributed by atoms with Crippen molar-refractivity contribution >= 4 is 5.91 Å². The first kappa shape index (κ1) is 9.84. The number of nitrogens with zero attached hydrogens (tertiary/aromatic N) is 2. The molecule has 0 aliphatic carbocycles. The van der Waals surface area contributed by atoms with Crippen LogP contribution in [-0.2, 0) is 16.1 Å². The Bertz CT molecular complexity index is 423. The van der Waals surface area contributed by atoms with Crippen LogP contribution < -0.4 is 5.32 Å². The van der Waals surface area contributed by atoms with E-state index in [4.69, 9.17) is 4.74 Å². The molecule has 2 aliphatic heterocycles. The Morgan fingerprint density at radius 1 is 1.69 bits per heavy atom. The van der Waals surface area contributed by atoms with Crippen molar-refractivity contribution in [3.05, 3.63) is 18.2 Å². The van der Waals surface area contributed by atoms with E-state index in [2.05, 4.69) is 14.9 Å². The number of aromatic nitrogens is 2. The number of nitrogens with one attached hydrogen (secondary N) is 1. The maximum Gasteiger partial charge on any atom is 0.231 e. The number of carbonyl (C=O) groups is 1. The van der Waals surface area contributed by atoms with Gasteiger partial charge >= 0.3 is 0 Å². The normalized spacial score (nSPS) is 25.9. The van der Waals surface area contributed by atoms with E-state index in [1.807, 2.05) is 13.1 Å². The summed E-state index contributed by atoms with van der Waals surface area (Å²) < 4.78 is 7.18. The molecule has 1 fully saturated rings. The average molecular weight is 221 g/mol. The summed E-state index contributed by atoms with van der Waals surface area (Å²) in [5, 5.41) is 3.06.